The number of hydrogen-bond donors (Lipinski definition) is 1. The van der Waals surface area contributed by atoms with E-state index in [4.69, 9.17) is 0 Å². The van der Waals surface area contributed by atoms with E-state index in [0.29, 0.717) is 11.6 Å². The van der Waals surface area contributed by atoms with Gasteiger partial charge >= 0.3 is 5.97 Å². The van der Waals surface area contributed by atoms with Crippen LogP contribution in [0.1, 0.15) is 59.8 Å². The number of carbonyl (C=O) groups is 1. The van der Waals surface area contributed by atoms with Gasteiger partial charge in [0.1, 0.15) is 12.0 Å². The molecule has 2 aromatic rings. The zero-order valence-corrected chi connectivity index (χ0v) is 11.0. The van der Waals surface area contributed by atoms with E-state index in [9.17, 15) is 9.90 Å². The second-order valence-corrected chi connectivity index (χ2v) is 5.23. The average Bonchev–Trinajstić information content (AvgIpc) is 2.75. The van der Waals surface area contributed by atoms with Crippen molar-refractivity contribution in [3.8, 4) is 0 Å². The molecule has 5 nitrogen and oxygen atoms in total. The SMILES string of the molecule is Cc1nc2c(C3CCCCC3)cncn2c1C(=O)O. The van der Waals surface area contributed by atoms with Crippen molar-refractivity contribution in [2.24, 2.45) is 0 Å². The van der Waals surface area contributed by atoms with Gasteiger partial charge in [0.15, 0.2) is 5.69 Å². The Hall–Kier alpha value is -1.91. The number of carboxylic acids is 1. The summed E-state index contributed by atoms with van der Waals surface area (Å²) in [6.07, 6.45) is 9.45. The third-order valence-electron chi connectivity index (χ3n) is 3.99. The quantitative estimate of drug-likeness (QED) is 0.900. The first-order valence-electron chi connectivity index (χ1n) is 6.74. The predicted molar refractivity (Wildman–Crippen MR) is 70.5 cm³/mol. The molecule has 1 aliphatic rings. The van der Waals surface area contributed by atoms with Gasteiger partial charge in [-0.25, -0.2) is 14.8 Å². The summed E-state index contributed by atoms with van der Waals surface area (Å²) in [4.78, 5) is 20.0. The number of fused-ring (bicyclic) bond motifs is 1. The Labute approximate surface area is 111 Å². The van der Waals surface area contributed by atoms with Crippen molar-refractivity contribution >= 4 is 11.6 Å². The number of carboxylic acid groups (broad SMARTS) is 1. The molecule has 0 unspecified atom stereocenters. The predicted octanol–water partition coefficient (Wildman–Crippen LogP) is 2.78. The first-order valence-corrected chi connectivity index (χ1v) is 6.74. The molecule has 0 amide bonds. The molecule has 0 bridgehead atoms. The van der Waals surface area contributed by atoms with Gasteiger partial charge < -0.3 is 5.11 Å². The van der Waals surface area contributed by atoms with Gasteiger partial charge in [-0.05, 0) is 25.7 Å². The van der Waals surface area contributed by atoms with Gasteiger partial charge in [0, 0.05) is 11.8 Å². The van der Waals surface area contributed by atoms with E-state index in [0.717, 1.165) is 24.1 Å². The lowest BCUT2D eigenvalue weighted by molar-refractivity contribution is 0.0688. The van der Waals surface area contributed by atoms with Crippen molar-refractivity contribution in [1.29, 1.82) is 0 Å². The molecule has 1 saturated carbocycles. The number of hydrogen-bond acceptors (Lipinski definition) is 3. The second-order valence-electron chi connectivity index (χ2n) is 5.23. The highest BCUT2D eigenvalue weighted by Gasteiger charge is 2.23. The van der Waals surface area contributed by atoms with Gasteiger partial charge in [0.2, 0.25) is 0 Å². The zero-order chi connectivity index (χ0) is 13.4. The third kappa shape index (κ3) is 1.99. The highest BCUT2D eigenvalue weighted by Crippen LogP contribution is 2.34. The first kappa shape index (κ1) is 12.1. The fourth-order valence-corrected chi connectivity index (χ4v) is 3.06. The fraction of sp³-hybridized carbons (Fsp3) is 0.500. The van der Waals surface area contributed by atoms with E-state index in [1.807, 2.05) is 6.20 Å². The lowest BCUT2D eigenvalue weighted by atomic mass is 9.85. The first-order chi connectivity index (χ1) is 9.18. The summed E-state index contributed by atoms with van der Waals surface area (Å²) in [6, 6.07) is 0. The lowest BCUT2D eigenvalue weighted by Gasteiger charge is -2.21. The molecule has 1 N–H and O–H groups in total. The minimum absolute atomic E-state index is 0.222. The largest absolute Gasteiger partial charge is 0.477 e. The maximum absolute atomic E-state index is 11.3. The summed E-state index contributed by atoms with van der Waals surface area (Å²) in [5.41, 5.74) is 2.63. The summed E-state index contributed by atoms with van der Waals surface area (Å²) in [6.45, 7) is 1.74. The number of aromatic nitrogens is 3. The van der Waals surface area contributed by atoms with E-state index < -0.39 is 5.97 Å². The van der Waals surface area contributed by atoms with Crippen LogP contribution in [0.4, 0.5) is 0 Å². The minimum atomic E-state index is -0.951. The molecule has 0 aliphatic heterocycles. The molecular weight excluding hydrogens is 242 g/mol. The molecule has 2 heterocycles. The number of aryl methyl sites for hydroxylation is 1. The standard InChI is InChI=1S/C14H17N3O2/c1-9-12(14(18)19)17-8-15-7-11(13(17)16-9)10-5-3-2-4-6-10/h7-8,10H,2-6H2,1H3,(H,18,19). The molecular formula is C14H17N3O2. The second kappa shape index (κ2) is 4.64. The molecule has 100 valence electrons. The highest BCUT2D eigenvalue weighted by molar-refractivity contribution is 5.88. The van der Waals surface area contributed by atoms with Crippen LogP contribution in [0.2, 0.25) is 0 Å². The van der Waals surface area contributed by atoms with E-state index in [2.05, 4.69) is 9.97 Å². The number of imidazole rings is 1. The van der Waals surface area contributed by atoms with Gasteiger partial charge in [-0.1, -0.05) is 19.3 Å². The smallest absolute Gasteiger partial charge is 0.354 e. The Morgan fingerprint density at radius 3 is 2.79 bits per heavy atom. The van der Waals surface area contributed by atoms with Crippen molar-refractivity contribution in [3.63, 3.8) is 0 Å². The molecule has 0 aromatic carbocycles. The Kier molecular flexibility index (Phi) is 2.97. The molecule has 5 heteroatoms. The van der Waals surface area contributed by atoms with Crippen LogP contribution in [0.3, 0.4) is 0 Å². The minimum Gasteiger partial charge on any atom is -0.477 e. The van der Waals surface area contributed by atoms with Crippen molar-refractivity contribution in [2.75, 3.05) is 0 Å². The number of rotatable bonds is 2. The topological polar surface area (TPSA) is 67.5 Å². The van der Waals surface area contributed by atoms with E-state index in [1.54, 1.807) is 17.7 Å². The average molecular weight is 259 g/mol. The highest BCUT2D eigenvalue weighted by atomic mass is 16.4. The van der Waals surface area contributed by atoms with Gasteiger partial charge in [0.05, 0.1) is 5.69 Å². The Bertz CT molecular complexity index is 627. The molecule has 0 saturated heterocycles. The van der Waals surface area contributed by atoms with E-state index in [1.165, 1.54) is 19.3 Å². The van der Waals surface area contributed by atoms with Crippen molar-refractivity contribution in [2.45, 2.75) is 44.9 Å². The Morgan fingerprint density at radius 1 is 1.37 bits per heavy atom. The summed E-state index contributed by atoms with van der Waals surface area (Å²) < 4.78 is 1.61. The molecule has 19 heavy (non-hydrogen) atoms. The van der Waals surface area contributed by atoms with Crippen LogP contribution in [-0.4, -0.2) is 25.4 Å². The molecule has 1 aliphatic carbocycles. The molecule has 0 spiro atoms. The van der Waals surface area contributed by atoms with Crippen LogP contribution in [0, 0.1) is 6.92 Å². The van der Waals surface area contributed by atoms with Gasteiger partial charge in [-0.15, -0.1) is 0 Å². The molecule has 3 rings (SSSR count). The third-order valence-corrected chi connectivity index (χ3v) is 3.99. The maximum atomic E-state index is 11.3. The molecule has 1 fully saturated rings. The Morgan fingerprint density at radius 2 is 2.11 bits per heavy atom. The maximum Gasteiger partial charge on any atom is 0.354 e. The van der Waals surface area contributed by atoms with Gasteiger partial charge in [-0.2, -0.15) is 0 Å². The van der Waals surface area contributed by atoms with Crippen LogP contribution < -0.4 is 0 Å². The van der Waals surface area contributed by atoms with Crippen molar-refractivity contribution < 1.29 is 9.90 Å². The number of nitrogens with zero attached hydrogens (tertiary/aromatic N) is 3. The molecule has 0 atom stereocenters. The van der Waals surface area contributed by atoms with Crippen molar-refractivity contribution in [1.82, 2.24) is 14.4 Å². The summed E-state index contributed by atoms with van der Waals surface area (Å²) in [7, 11) is 0. The lowest BCUT2D eigenvalue weighted by Crippen LogP contribution is -2.09. The zero-order valence-electron chi connectivity index (χ0n) is 11.0. The van der Waals surface area contributed by atoms with Crippen LogP contribution in [0.15, 0.2) is 12.5 Å². The monoisotopic (exact) mass is 259 g/mol. The molecule has 0 radical (unpaired) electrons. The van der Waals surface area contributed by atoms with Crippen molar-refractivity contribution in [3.05, 3.63) is 29.5 Å². The van der Waals surface area contributed by atoms with E-state index >= 15 is 0 Å². The van der Waals surface area contributed by atoms with Crippen LogP contribution in [0.25, 0.3) is 5.65 Å². The fourth-order valence-electron chi connectivity index (χ4n) is 3.06. The summed E-state index contributed by atoms with van der Waals surface area (Å²) >= 11 is 0. The van der Waals surface area contributed by atoms with E-state index in [-0.39, 0.29) is 5.69 Å². The van der Waals surface area contributed by atoms with Crippen LogP contribution in [0.5, 0.6) is 0 Å². The normalized spacial score (nSPS) is 16.9. The van der Waals surface area contributed by atoms with Gasteiger partial charge in [-0.3, -0.25) is 4.40 Å². The van der Waals surface area contributed by atoms with Crippen LogP contribution in [-0.2, 0) is 0 Å². The summed E-state index contributed by atoms with van der Waals surface area (Å²) in [5.74, 6) is -0.485. The number of aromatic carboxylic acids is 1. The van der Waals surface area contributed by atoms with Crippen LogP contribution >= 0.6 is 0 Å². The summed E-state index contributed by atoms with van der Waals surface area (Å²) in [5, 5.41) is 9.27. The Balaban J connectivity index is 2.15. The van der Waals surface area contributed by atoms with Gasteiger partial charge in [0.25, 0.3) is 0 Å². The molecule has 2 aromatic heterocycles.